The van der Waals surface area contributed by atoms with Gasteiger partial charge in [0.2, 0.25) is 9.84 Å². The molecule has 0 unspecified atom stereocenters. The van der Waals surface area contributed by atoms with Crippen LogP contribution in [0.4, 0.5) is 10.2 Å². The van der Waals surface area contributed by atoms with Crippen LogP contribution in [0, 0.1) is 5.82 Å². The van der Waals surface area contributed by atoms with E-state index in [9.17, 15) is 12.8 Å². The van der Waals surface area contributed by atoms with Crippen molar-refractivity contribution in [3.8, 4) is 11.5 Å². The van der Waals surface area contributed by atoms with Crippen molar-refractivity contribution in [1.29, 1.82) is 0 Å². The van der Waals surface area contributed by atoms with Crippen LogP contribution in [0.2, 0.25) is 0 Å². The molecule has 5 rings (SSSR count). The zero-order valence-corrected chi connectivity index (χ0v) is 18.0. The number of benzene rings is 1. The highest BCUT2D eigenvalue weighted by atomic mass is 32.2. The molecular formula is C21H15FN6O2S2. The van der Waals surface area contributed by atoms with Crippen LogP contribution in [0.15, 0.2) is 75.4 Å². The topological polar surface area (TPSA) is 117 Å². The van der Waals surface area contributed by atoms with Gasteiger partial charge in [-0.3, -0.25) is 0 Å². The fourth-order valence-electron chi connectivity index (χ4n) is 3.30. The summed E-state index contributed by atoms with van der Waals surface area (Å²) in [6.45, 7) is 0.153. The first kappa shape index (κ1) is 20.2. The molecule has 0 aliphatic carbocycles. The molecule has 32 heavy (non-hydrogen) atoms. The lowest BCUT2D eigenvalue weighted by molar-refractivity contribution is 0.589. The molecule has 4 aromatic heterocycles. The number of rotatable bonds is 5. The third kappa shape index (κ3) is 3.41. The number of hydrogen-bond acceptors (Lipinski definition) is 8. The van der Waals surface area contributed by atoms with Crippen LogP contribution in [0.1, 0.15) is 5.56 Å². The first-order valence-corrected chi connectivity index (χ1v) is 11.8. The van der Waals surface area contributed by atoms with Crippen molar-refractivity contribution in [2.75, 3.05) is 5.73 Å². The Morgan fingerprint density at radius 1 is 1.06 bits per heavy atom. The van der Waals surface area contributed by atoms with Crippen molar-refractivity contribution >= 4 is 38.0 Å². The molecule has 0 radical (unpaired) electrons. The molecule has 8 nitrogen and oxygen atoms in total. The zero-order valence-electron chi connectivity index (χ0n) is 16.4. The summed E-state index contributed by atoms with van der Waals surface area (Å²) >= 11 is 1.09. The number of halogens is 1. The minimum Gasteiger partial charge on any atom is -0.382 e. The van der Waals surface area contributed by atoms with E-state index in [4.69, 9.17) is 5.73 Å². The molecule has 0 amide bonds. The SMILES string of the molecule is Nc1nc(-c2nn(Cc3ccccc3F)c3ncccc23)ncc1S(=O)(=O)c1cccs1. The number of aromatic nitrogens is 5. The number of nitrogens with two attached hydrogens (primary N) is 1. The molecular weight excluding hydrogens is 451 g/mol. The molecule has 160 valence electrons. The summed E-state index contributed by atoms with van der Waals surface area (Å²) in [5, 5.41) is 6.84. The Morgan fingerprint density at radius 2 is 1.91 bits per heavy atom. The first-order valence-electron chi connectivity index (χ1n) is 9.41. The van der Waals surface area contributed by atoms with Gasteiger partial charge in [-0.25, -0.2) is 32.4 Å². The number of sulfone groups is 1. The van der Waals surface area contributed by atoms with E-state index < -0.39 is 9.84 Å². The summed E-state index contributed by atoms with van der Waals surface area (Å²) in [5.41, 5.74) is 7.36. The van der Waals surface area contributed by atoms with Crippen molar-refractivity contribution in [3.63, 3.8) is 0 Å². The lowest BCUT2D eigenvalue weighted by atomic mass is 10.2. The van der Waals surface area contributed by atoms with Crippen LogP contribution in [-0.2, 0) is 16.4 Å². The number of hydrogen-bond donors (Lipinski definition) is 1. The minimum atomic E-state index is -3.82. The van der Waals surface area contributed by atoms with E-state index in [-0.39, 0.29) is 33.1 Å². The van der Waals surface area contributed by atoms with Crippen LogP contribution in [0.3, 0.4) is 0 Å². The number of nitrogen functional groups attached to an aromatic ring is 1. The lowest BCUT2D eigenvalue weighted by Crippen LogP contribution is -2.08. The molecule has 0 saturated carbocycles. The maximum atomic E-state index is 14.2. The summed E-state index contributed by atoms with van der Waals surface area (Å²) in [4.78, 5) is 12.6. The highest BCUT2D eigenvalue weighted by Gasteiger charge is 2.25. The molecule has 0 atom stereocenters. The third-order valence-electron chi connectivity index (χ3n) is 4.83. The minimum absolute atomic E-state index is 0.151. The Balaban J connectivity index is 1.60. The van der Waals surface area contributed by atoms with Crippen molar-refractivity contribution in [3.05, 3.63) is 77.7 Å². The van der Waals surface area contributed by atoms with Crippen LogP contribution < -0.4 is 5.73 Å². The molecule has 0 aliphatic heterocycles. The number of pyridine rings is 1. The van der Waals surface area contributed by atoms with Crippen LogP contribution in [0.5, 0.6) is 0 Å². The highest BCUT2D eigenvalue weighted by molar-refractivity contribution is 7.93. The summed E-state index contributed by atoms with van der Waals surface area (Å²) in [7, 11) is -3.82. The van der Waals surface area contributed by atoms with E-state index >= 15 is 0 Å². The van der Waals surface area contributed by atoms with Crippen molar-refractivity contribution in [2.45, 2.75) is 15.6 Å². The van der Waals surface area contributed by atoms with E-state index in [1.165, 1.54) is 18.3 Å². The monoisotopic (exact) mass is 466 g/mol. The predicted octanol–water partition coefficient (Wildman–Crippen LogP) is 3.55. The number of nitrogens with zero attached hydrogens (tertiary/aromatic N) is 5. The van der Waals surface area contributed by atoms with Gasteiger partial charge in [0.25, 0.3) is 0 Å². The second kappa shape index (κ2) is 7.77. The Hall–Kier alpha value is -3.70. The van der Waals surface area contributed by atoms with E-state index in [0.717, 1.165) is 11.3 Å². The predicted molar refractivity (Wildman–Crippen MR) is 118 cm³/mol. The van der Waals surface area contributed by atoms with Gasteiger partial charge in [-0.2, -0.15) is 5.10 Å². The van der Waals surface area contributed by atoms with Crippen LogP contribution in [-0.4, -0.2) is 33.2 Å². The normalized spacial score (nSPS) is 11.8. The number of anilines is 1. The second-order valence-electron chi connectivity index (χ2n) is 6.85. The fraction of sp³-hybridized carbons (Fsp3) is 0.0476. The van der Waals surface area contributed by atoms with Crippen LogP contribution in [0.25, 0.3) is 22.6 Å². The average Bonchev–Trinajstić information content (AvgIpc) is 3.45. The third-order valence-corrected chi connectivity index (χ3v) is 8.00. The summed E-state index contributed by atoms with van der Waals surface area (Å²) in [5.74, 6) is -0.376. The Morgan fingerprint density at radius 3 is 2.66 bits per heavy atom. The Labute approximate surface area is 186 Å². The van der Waals surface area contributed by atoms with Gasteiger partial charge in [-0.1, -0.05) is 24.3 Å². The molecule has 2 N–H and O–H groups in total. The molecule has 0 saturated heterocycles. The molecule has 0 aliphatic rings. The molecule has 0 fully saturated rings. The van der Waals surface area contributed by atoms with Crippen molar-refractivity contribution in [1.82, 2.24) is 24.7 Å². The zero-order chi connectivity index (χ0) is 22.3. The second-order valence-corrected chi connectivity index (χ2v) is 9.94. The van der Waals surface area contributed by atoms with Gasteiger partial charge >= 0.3 is 0 Å². The van der Waals surface area contributed by atoms with Gasteiger partial charge < -0.3 is 5.73 Å². The van der Waals surface area contributed by atoms with E-state index in [0.29, 0.717) is 22.3 Å². The van der Waals surface area contributed by atoms with Gasteiger partial charge in [0, 0.05) is 11.8 Å². The molecule has 4 heterocycles. The maximum Gasteiger partial charge on any atom is 0.221 e. The van der Waals surface area contributed by atoms with Gasteiger partial charge in [-0.15, -0.1) is 11.3 Å². The van der Waals surface area contributed by atoms with Gasteiger partial charge in [0.05, 0.1) is 18.1 Å². The van der Waals surface area contributed by atoms with E-state index in [2.05, 4.69) is 20.1 Å². The molecule has 1 aromatic carbocycles. The van der Waals surface area contributed by atoms with Crippen molar-refractivity contribution < 1.29 is 12.8 Å². The summed E-state index contributed by atoms with van der Waals surface area (Å²) < 4.78 is 41.5. The van der Waals surface area contributed by atoms with Gasteiger partial charge in [0.15, 0.2) is 11.5 Å². The Bertz CT molecular complexity index is 1550. The lowest BCUT2D eigenvalue weighted by Gasteiger charge is -2.06. The number of thiophene rings is 1. The van der Waals surface area contributed by atoms with E-state index in [1.807, 2.05) is 0 Å². The number of fused-ring (bicyclic) bond motifs is 1. The standard InChI is InChI=1S/C21H15FN6O2S2/c22-15-7-2-1-5-13(15)12-28-21-14(6-3-9-24-21)18(27-28)20-25-11-16(19(23)26-20)32(29,30)17-8-4-10-31-17/h1-11H,12H2,(H2,23,25,26). The van der Waals surface area contributed by atoms with Gasteiger partial charge in [-0.05, 0) is 29.6 Å². The average molecular weight is 467 g/mol. The van der Waals surface area contributed by atoms with Crippen molar-refractivity contribution in [2.24, 2.45) is 0 Å². The Kier molecular flexibility index (Phi) is 4.91. The molecule has 0 spiro atoms. The highest BCUT2D eigenvalue weighted by Crippen LogP contribution is 2.30. The summed E-state index contributed by atoms with van der Waals surface area (Å²) in [6.07, 6.45) is 2.79. The fourth-order valence-corrected chi connectivity index (χ4v) is 5.68. The molecule has 0 bridgehead atoms. The molecule has 11 heteroatoms. The summed E-state index contributed by atoms with van der Waals surface area (Å²) in [6, 6.07) is 13.1. The van der Waals surface area contributed by atoms with Crippen LogP contribution >= 0.6 is 11.3 Å². The largest absolute Gasteiger partial charge is 0.382 e. The van der Waals surface area contributed by atoms with E-state index in [1.54, 1.807) is 52.7 Å². The smallest absolute Gasteiger partial charge is 0.221 e. The quantitative estimate of drug-likeness (QED) is 0.421. The van der Waals surface area contributed by atoms with Gasteiger partial charge in [0.1, 0.15) is 26.4 Å². The molecule has 5 aromatic rings. The first-order chi connectivity index (χ1) is 15.4. The maximum absolute atomic E-state index is 14.2.